The second kappa shape index (κ2) is 11.6. The summed E-state index contributed by atoms with van der Waals surface area (Å²) in [6.45, 7) is 7.40. The minimum atomic E-state index is -1.09. The fourth-order valence-electron chi connectivity index (χ4n) is 5.64. The third kappa shape index (κ3) is 5.29. The quantitative estimate of drug-likeness (QED) is 0.379. The highest BCUT2D eigenvalue weighted by Gasteiger charge is 2.46. The van der Waals surface area contributed by atoms with Gasteiger partial charge in [0.2, 0.25) is 5.96 Å². The van der Waals surface area contributed by atoms with Crippen molar-refractivity contribution in [3.8, 4) is 0 Å². The average Bonchev–Trinajstić information content (AvgIpc) is 2.95. The predicted octanol–water partition coefficient (Wildman–Crippen LogP) is 1.16. The van der Waals surface area contributed by atoms with E-state index in [4.69, 9.17) is 19.2 Å². The van der Waals surface area contributed by atoms with Crippen LogP contribution in [0.15, 0.2) is 51.9 Å². The fourth-order valence-corrected chi connectivity index (χ4v) is 5.64. The van der Waals surface area contributed by atoms with E-state index < -0.39 is 23.0 Å². The highest BCUT2D eigenvalue weighted by molar-refractivity contribution is 5.92. The number of benzene rings is 1. The first kappa shape index (κ1) is 26.9. The summed E-state index contributed by atoms with van der Waals surface area (Å²) >= 11 is 0. The maximum atomic E-state index is 12.7. The summed E-state index contributed by atoms with van der Waals surface area (Å²) in [6, 6.07) is 6.23. The van der Waals surface area contributed by atoms with E-state index in [1.54, 1.807) is 26.2 Å². The van der Waals surface area contributed by atoms with Crippen LogP contribution in [0.2, 0.25) is 0 Å². The number of fused-ring (bicyclic) bond motifs is 1. The van der Waals surface area contributed by atoms with E-state index in [0.717, 1.165) is 11.5 Å². The molecular formula is C26H34N6O7. The van der Waals surface area contributed by atoms with Crippen molar-refractivity contribution in [2.75, 3.05) is 72.9 Å². The molecule has 0 bridgehead atoms. The predicted molar refractivity (Wildman–Crippen MR) is 141 cm³/mol. The molecule has 0 amide bonds. The molecule has 0 saturated carbocycles. The number of rotatable bonds is 7. The van der Waals surface area contributed by atoms with E-state index in [1.807, 2.05) is 0 Å². The van der Waals surface area contributed by atoms with Crippen molar-refractivity contribution in [2.45, 2.75) is 19.0 Å². The van der Waals surface area contributed by atoms with E-state index in [9.17, 15) is 20.0 Å². The van der Waals surface area contributed by atoms with Gasteiger partial charge in [0.05, 0.1) is 43.5 Å². The Morgan fingerprint density at radius 3 is 2.46 bits per heavy atom. The van der Waals surface area contributed by atoms with Gasteiger partial charge in [-0.3, -0.25) is 10.1 Å². The molecule has 210 valence electrons. The topological polar surface area (TPSA) is 142 Å². The maximum absolute atomic E-state index is 12.7. The van der Waals surface area contributed by atoms with Crippen LogP contribution >= 0.6 is 0 Å². The molecular weight excluding hydrogens is 508 g/mol. The van der Waals surface area contributed by atoms with Crippen LogP contribution in [0.5, 0.6) is 0 Å². The van der Waals surface area contributed by atoms with Crippen molar-refractivity contribution in [3.63, 3.8) is 0 Å². The summed E-state index contributed by atoms with van der Waals surface area (Å²) in [7, 11) is 1.64. The van der Waals surface area contributed by atoms with Crippen molar-refractivity contribution in [3.05, 3.63) is 62.6 Å². The summed E-state index contributed by atoms with van der Waals surface area (Å²) in [5.74, 6) is -0.405. The molecule has 4 aliphatic rings. The number of morpholine rings is 2. The van der Waals surface area contributed by atoms with Crippen LogP contribution in [0.25, 0.3) is 0 Å². The van der Waals surface area contributed by atoms with Gasteiger partial charge in [-0.2, -0.15) is 4.99 Å². The number of methoxy groups -OCH3 is 1. The second-order valence-electron chi connectivity index (χ2n) is 9.75. The van der Waals surface area contributed by atoms with Gasteiger partial charge < -0.3 is 39.3 Å². The van der Waals surface area contributed by atoms with Gasteiger partial charge in [0.25, 0.3) is 5.69 Å². The Balaban J connectivity index is 1.75. The molecule has 4 aliphatic heterocycles. The Labute approximate surface area is 226 Å². The molecule has 2 saturated heterocycles. The number of nitrogens with zero attached hydrogens (tertiary/aromatic N) is 5. The number of carbonyl (C=O) groups is 1. The SMILES string of the molecule is COCCN1C(N2CCOCC2)=NC(N2CCOCC2)=C2C(c3cccc([N+](=O)[O-])c3)C(C(=O)O)=C(C)NC21. The van der Waals surface area contributed by atoms with Crippen molar-refractivity contribution in [1.82, 2.24) is 20.0 Å². The Morgan fingerprint density at radius 2 is 1.85 bits per heavy atom. The summed E-state index contributed by atoms with van der Waals surface area (Å²) in [5, 5.41) is 25.5. The first-order valence-corrected chi connectivity index (χ1v) is 13.1. The van der Waals surface area contributed by atoms with E-state index in [0.29, 0.717) is 82.8 Å². The first-order chi connectivity index (χ1) is 18.9. The minimum Gasteiger partial charge on any atom is -0.478 e. The first-order valence-electron chi connectivity index (χ1n) is 13.1. The lowest BCUT2D eigenvalue weighted by atomic mass is 9.78. The number of hydrogen-bond acceptors (Lipinski definition) is 11. The van der Waals surface area contributed by atoms with Crippen LogP contribution in [0.1, 0.15) is 18.4 Å². The number of aliphatic imine (C=N–C) groups is 1. The van der Waals surface area contributed by atoms with Crippen LogP contribution in [-0.2, 0) is 19.0 Å². The van der Waals surface area contributed by atoms with E-state index >= 15 is 0 Å². The van der Waals surface area contributed by atoms with Crippen molar-refractivity contribution < 1.29 is 29.0 Å². The van der Waals surface area contributed by atoms with Crippen molar-refractivity contribution >= 4 is 17.6 Å². The molecule has 5 rings (SSSR count). The monoisotopic (exact) mass is 542 g/mol. The summed E-state index contributed by atoms with van der Waals surface area (Å²) in [6.07, 6.45) is -0.444. The summed E-state index contributed by atoms with van der Waals surface area (Å²) < 4.78 is 16.7. The fraction of sp³-hybridized carbons (Fsp3) is 0.538. The standard InChI is InChI=1S/C26H34N6O7/c1-17-20(25(33)34)21(18-4-3-5-19(16-18)32(35)36)22-23(29-6-12-38-13-7-29)28-26(30-8-14-39-15-9-30)31(10-11-37-2)24(22)27-17/h3-5,16,21,24,27H,6-15H2,1-2H3,(H,33,34). The third-order valence-corrected chi connectivity index (χ3v) is 7.47. The molecule has 2 fully saturated rings. The van der Waals surface area contributed by atoms with Gasteiger partial charge in [0, 0.05) is 69.2 Å². The number of allylic oxidation sites excluding steroid dienone is 1. The van der Waals surface area contributed by atoms with Crippen LogP contribution in [0.3, 0.4) is 0 Å². The lowest BCUT2D eigenvalue weighted by Gasteiger charge is -2.49. The molecule has 1 aromatic rings. The molecule has 2 atom stereocenters. The van der Waals surface area contributed by atoms with E-state index in [2.05, 4.69) is 20.0 Å². The average molecular weight is 543 g/mol. The molecule has 2 N–H and O–H groups in total. The zero-order valence-corrected chi connectivity index (χ0v) is 22.2. The Hall–Kier alpha value is -3.68. The maximum Gasteiger partial charge on any atom is 0.334 e. The molecule has 0 radical (unpaired) electrons. The van der Waals surface area contributed by atoms with Crippen LogP contribution < -0.4 is 5.32 Å². The number of carboxylic acids is 1. The Morgan fingerprint density at radius 1 is 1.18 bits per heavy atom. The van der Waals surface area contributed by atoms with Crippen molar-refractivity contribution in [1.29, 1.82) is 0 Å². The van der Waals surface area contributed by atoms with Gasteiger partial charge in [-0.15, -0.1) is 0 Å². The second-order valence-corrected chi connectivity index (χ2v) is 9.75. The highest BCUT2D eigenvalue weighted by Crippen LogP contribution is 2.44. The van der Waals surface area contributed by atoms with E-state index in [1.165, 1.54) is 12.1 Å². The molecule has 39 heavy (non-hydrogen) atoms. The Kier molecular flexibility index (Phi) is 8.00. The smallest absolute Gasteiger partial charge is 0.334 e. The normalized spacial score (nSPS) is 23.8. The largest absolute Gasteiger partial charge is 0.478 e. The van der Waals surface area contributed by atoms with Gasteiger partial charge >= 0.3 is 5.97 Å². The molecule has 0 aliphatic carbocycles. The number of non-ortho nitro benzene ring substituents is 1. The van der Waals surface area contributed by atoms with E-state index in [-0.39, 0.29) is 11.3 Å². The number of ether oxygens (including phenoxy) is 3. The molecule has 1 aromatic carbocycles. The number of nitro groups is 1. The van der Waals surface area contributed by atoms with Gasteiger partial charge in [-0.1, -0.05) is 12.1 Å². The van der Waals surface area contributed by atoms with Gasteiger partial charge in [-0.25, -0.2) is 4.79 Å². The minimum absolute atomic E-state index is 0.0944. The summed E-state index contributed by atoms with van der Waals surface area (Å²) in [5.41, 5.74) is 1.82. The Bertz CT molecular complexity index is 1200. The molecule has 13 nitrogen and oxygen atoms in total. The van der Waals surface area contributed by atoms with Crippen molar-refractivity contribution in [2.24, 2.45) is 4.99 Å². The lowest BCUT2D eigenvalue weighted by Crippen LogP contribution is -2.62. The number of aliphatic carboxylic acids is 1. The third-order valence-electron chi connectivity index (χ3n) is 7.47. The number of carboxylic acid groups (broad SMARTS) is 1. The van der Waals surface area contributed by atoms with Gasteiger partial charge in [-0.05, 0) is 12.5 Å². The number of hydrogen-bond donors (Lipinski definition) is 2. The molecule has 0 spiro atoms. The lowest BCUT2D eigenvalue weighted by molar-refractivity contribution is -0.384. The number of nitrogens with one attached hydrogen (secondary N) is 1. The zero-order chi connectivity index (χ0) is 27.5. The number of nitro benzene ring substituents is 1. The molecule has 4 heterocycles. The number of guanidine groups is 1. The molecule has 13 heteroatoms. The highest BCUT2D eigenvalue weighted by atomic mass is 16.6. The zero-order valence-electron chi connectivity index (χ0n) is 22.2. The molecule has 2 unspecified atom stereocenters. The van der Waals surface area contributed by atoms with Crippen LogP contribution in [0, 0.1) is 10.1 Å². The molecule has 0 aromatic heterocycles. The van der Waals surface area contributed by atoms with Gasteiger partial charge in [0.15, 0.2) is 0 Å². The summed E-state index contributed by atoms with van der Waals surface area (Å²) in [4.78, 5) is 35.6. The van der Waals surface area contributed by atoms with Crippen LogP contribution in [-0.4, -0.2) is 116 Å². The van der Waals surface area contributed by atoms with Gasteiger partial charge in [0.1, 0.15) is 12.0 Å². The van der Waals surface area contributed by atoms with Crippen LogP contribution in [0.4, 0.5) is 5.69 Å².